The summed E-state index contributed by atoms with van der Waals surface area (Å²) in [5, 5.41) is 0. The quantitative estimate of drug-likeness (QED) is 0.580. The average molecular weight is 419 g/mol. The second-order valence-electron chi connectivity index (χ2n) is 10.2. The topological polar surface area (TPSA) is 15.7 Å². The predicted octanol–water partition coefficient (Wildman–Crippen LogP) is 5.63. The molecule has 0 aromatic heterocycles. The van der Waals surface area contributed by atoms with Crippen molar-refractivity contribution >= 4 is 0 Å². The average Bonchev–Trinajstić information content (AvgIpc) is 3.27. The second kappa shape index (κ2) is 9.75. The standard InChI is InChI=1S/C28H38N2O/c1-22-4-10-27(11-5-22)31-28-12-16-30(17-13-28)21-24-18-26(19-24)25-8-6-23(7-9-25)20-29-14-2-3-15-29/h4-11,24,26,28H,2-3,12-21H2,1H3. The Morgan fingerprint density at radius 3 is 2.16 bits per heavy atom. The predicted molar refractivity (Wildman–Crippen MR) is 128 cm³/mol. The highest BCUT2D eigenvalue weighted by atomic mass is 16.5. The minimum atomic E-state index is 0.382. The van der Waals surface area contributed by atoms with Crippen LogP contribution in [0.4, 0.5) is 0 Å². The molecule has 2 heterocycles. The van der Waals surface area contributed by atoms with Crippen LogP contribution in [0.5, 0.6) is 5.75 Å². The molecule has 0 N–H and O–H groups in total. The number of ether oxygens (including phenoxy) is 1. The molecule has 5 rings (SSSR count). The maximum Gasteiger partial charge on any atom is 0.119 e. The van der Waals surface area contributed by atoms with Crippen molar-refractivity contribution in [1.82, 2.24) is 9.80 Å². The molecule has 0 atom stereocenters. The summed E-state index contributed by atoms with van der Waals surface area (Å²) >= 11 is 0. The van der Waals surface area contributed by atoms with Gasteiger partial charge in [-0.15, -0.1) is 0 Å². The van der Waals surface area contributed by atoms with Gasteiger partial charge in [-0.3, -0.25) is 4.90 Å². The molecule has 3 aliphatic rings. The molecule has 2 saturated heterocycles. The van der Waals surface area contributed by atoms with Gasteiger partial charge in [0.1, 0.15) is 11.9 Å². The minimum Gasteiger partial charge on any atom is -0.490 e. The molecule has 3 nitrogen and oxygen atoms in total. The summed E-state index contributed by atoms with van der Waals surface area (Å²) in [6, 6.07) is 18.0. The molecule has 2 aliphatic heterocycles. The van der Waals surface area contributed by atoms with E-state index in [0.29, 0.717) is 6.10 Å². The molecule has 1 aliphatic carbocycles. The normalized spacial score (nSPS) is 25.5. The summed E-state index contributed by atoms with van der Waals surface area (Å²) in [7, 11) is 0. The highest BCUT2D eigenvalue weighted by Gasteiger charge is 2.32. The van der Waals surface area contributed by atoms with Crippen molar-refractivity contribution in [1.29, 1.82) is 0 Å². The first kappa shape index (κ1) is 21.0. The molecule has 0 amide bonds. The Morgan fingerprint density at radius 2 is 1.48 bits per heavy atom. The number of aryl methyl sites for hydroxylation is 1. The molecular weight excluding hydrogens is 380 g/mol. The lowest BCUT2D eigenvalue weighted by Gasteiger charge is -2.41. The fourth-order valence-corrected chi connectivity index (χ4v) is 5.64. The minimum absolute atomic E-state index is 0.382. The van der Waals surface area contributed by atoms with E-state index in [9.17, 15) is 0 Å². The molecule has 3 fully saturated rings. The number of hydrogen-bond donors (Lipinski definition) is 0. The Balaban J connectivity index is 1.01. The molecule has 166 valence electrons. The van der Waals surface area contributed by atoms with Crippen LogP contribution >= 0.6 is 0 Å². The highest BCUT2D eigenvalue weighted by Crippen LogP contribution is 2.42. The zero-order chi connectivity index (χ0) is 21.0. The Labute approximate surface area is 188 Å². The summed E-state index contributed by atoms with van der Waals surface area (Å²) in [5.74, 6) is 2.69. The third-order valence-electron chi connectivity index (χ3n) is 7.67. The van der Waals surface area contributed by atoms with Gasteiger partial charge >= 0.3 is 0 Å². The van der Waals surface area contributed by atoms with E-state index in [2.05, 4.69) is 65.3 Å². The van der Waals surface area contributed by atoms with Gasteiger partial charge in [-0.1, -0.05) is 42.0 Å². The highest BCUT2D eigenvalue weighted by molar-refractivity contribution is 5.28. The zero-order valence-corrected chi connectivity index (χ0v) is 19.1. The first-order valence-corrected chi connectivity index (χ1v) is 12.5. The van der Waals surface area contributed by atoms with Crippen LogP contribution in [0.2, 0.25) is 0 Å². The molecule has 2 aromatic rings. The first-order chi connectivity index (χ1) is 15.2. The van der Waals surface area contributed by atoms with Crippen LogP contribution in [0.3, 0.4) is 0 Å². The molecule has 0 bridgehead atoms. The third-order valence-corrected chi connectivity index (χ3v) is 7.67. The van der Waals surface area contributed by atoms with Crippen molar-refractivity contribution in [3.05, 3.63) is 65.2 Å². The molecular formula is C28H38N2O. The van der Waals surface area contributed by atoms with Gasteiger partial charge in [-0.2, -0.15) is 0 Å². The number of nitrogens with zero attached hydrogens (tertiary/aromatic N) is 2. The van der Waals surface area contributed by atoms with Gasteiger partial charge < -0.3 is 9.64 Å². The van der Waals surface area contributed by atoms with Crippen LogP contribution in [0.25, 0.3) is 0 Å². The van der Waals surface area contributed by atoms with Gasteiger partial charge in [0.15, 0.2) is 0 Å². The van der Waals surface area contributed by atoms with Crippen molar-refractivity contribution in [2.24, 2.45) is 5.92 Å². The molecule has 31 heavy (non-hydrogen) atoms. The molecule has 3 heteroatoms. The van der Waals surface area contributed by atoms with Gasteiger partial charge in [0.25, 0.3) is 0 Å². The van der Waals surface area contributed by atoms with Crippen molar-refractivity contribution < 1.29 is 4.74 Å². The Bertz CT molecular complexity index is 811. The van der Waals surface area contributed by atoms with Crippen LogP contribution in [0.15, 0.2) is 48.5 Å². The number of hydrogen-bond acceptors (Lipinski definition) is 3. The largest absolute Gasteiger partial charge is 0.490 e. The maximum absolute atomic E-state index is 6.20. The summed E-state index contributed by atoms with van der Waals surface area (Å²) in [6.45, 7) is 9.46. The van der Waals surface area contributed by atoms with Gasteiger partial charge in [-0.05, 0) is 93.6 Å². The Morgan fingerprint density at radius 1 is 0.806 bits per heavy atom. The lowest BCUT2D eigenvalue weighted by Crippen LogP contribution is -2.42. The Kier molecular flexibility index (Phi) is 6.61. The lowest BCUT2D eigenvalue weighted by atomic mass is 9.71. The molecule has 2 aromatic carbocycles. The van der Waals surface area contributed by atoms with Gasteiger partial charge in [0.2, 0.25) is 0 Å². The fourth-order valence-electron chi connectivity index (χ4n) is 5.64. The Hall–Kier alpha value is -1.84. The van der Waals surface area contributed by atoms with E-state index in [1.54, 1.807) is 5.56 Å². The SMILES string of the molecule is Cc1ccc(OC2CCN(CC3CC(c4ccc(CN5CCCC5)cc4)C3)CC2)cc1. The second-order valence-corrected chi connectivity index (χ2v) is 10.2. The molecule has 0 unspecified atom stereocenters. The van der Waals surface area contributed by atoms with Gasteiger partial charge in [0, 0.05) is 26.2 Å². The summed E-state index contributed by atoms with van der Waals surface area (Å²) in [4.78, 5) is 5.26. The number of likely N-dealkylation sites (tertiary alicyclic amines) is 2. The van der Waals surface area contributed by atoms with Crippen LogP contribution < -0.4 is 4.74 Å². The van der Waals surface area contributed by atoms with E-state index in [-0.39, 0.29) is 0 Å². The van der Waals surface area contributed by atoms with E-state index in [1.807, 2.05) is 0 Å². The van der Waals surface area contributed by atoms with Crippen LogP contribution in [0, 0.1) is 12.8 Å². The van der Waals surface area contributed by atoms with Gasteiger partial charge in [0.05, 0.1) is 0 Å². The van der Waals surface area contributed by atoms with Crippen molar-refractivity contribution in [3.63, 3.8) is 0 Å². The fraction of sp³-hybridized carbons (Fsp3) is 0.571. The van der Waals surface area contributed by atoms with Crippen molar-refractivity contribution in [2.75, 3.05) is 32.7 Å². The smallest absolute Gasteiger partial charge is 0.119 e. The number of benzene rings is 2. The van der Waals surface area contributed by atoms with Crippen LogP contribution in [-0.4, -0.2) is 48.6 Å². The number of rotatable bonds is 7. The van der Waals surface area contributed by atoms with Crippen molar-refractivity contribution in [2.45, 2.75) is 64.0 Å². The van der Waals surface area contributed by atoms with E-state index in [4.69, 9.17) is 4.74 Å². The van der Waals surface area contributed by atoms with E-state index in [1.165, 1.54) is 69.5 Å². The van der Waals surface area contributed by atoms with E-state index < -0.39 is 0 Å². The molecule has 1 saturated carbocycles. The zero-order valence-electron chi connectivity index (χ0n) is 19.1. The monoisotopic (exact) mass is 418 g/mol. The summed E-state index contributed by atoms with van der Waals surface area (Å²) < 4.78 is 6.20. The lowest BCUT2D eigenvalue weighted by molar-refractivity contribution is 0.0760. The van der Waals surface area contributed by atoms with Crippen molar-refractivity contribution in [3.8, 4) is 5.75 Å². The number of piperidine rings is 1. The van der Waals surface area contributed by atoms with Crippen LogP contribution in [0.1, 0.15) is 61.1 Å². The van der Waals surface area contributed by atoms with E-state index >= 15 is 0 Å². The first-order valence-electron chi connectivity index (χ1n) is 12.5. The van der Waals surface area contributed by atoms with Gasteiger partial charge in [-0.25, -0.2) is 0 Å². The third kappa shape index (κ3) is 5.51. The summed E-state index contributed by atoms with van der Waals surface area (Å²) in [5.41, 5.74) is 4.34. The van der Waals surface area contributed by atoms with E-state index in [0.717, 1.165) is 37.0 Å². The summed E-state index contributed by atoms with van der Waals surface area (Å²) in [6.07, 6.45) is 8.17. The molecule has 0 spiro atoms. The van der Waals surface area contributed by atoms with Crippen LogP contribution in [-0.2, 0) is 6.54 Å². The maximum atomic E-state index is 6.20. The molecule has 0 radical (unpaired) electrons.